The minimum Gasteiger partial charge on any atom is -0.353 e. The first kappa shape index (κ1) is 7.57. The van der Waals surface area contributed by atoms with E-state index in [-0.39, 0.29) is 6.29 Å². The second-order valence-electron chi connectivity index (χ2n) is 2.20. The van der Waals surface area contributed by atoms with E-state index in [9.17, 15) is 0 Å². The molecule has 1 N–H and O–H groups in total. The zero-order valence-corrected chi connectivity index (χ0v) is 6.39. The van der Waals surface area contributed by atoms with Crippen LogP contribution in [0.25, 0.3) is 0 Å². The Morgan fingerprint density at radius 3 is 3.10 bits per heavy atom. The maximum atomic E-state index is 5.09. The molecule has 1 unspecified atom stereocenters. The smallest absolute Gasteiger partial charge is 0.186 e. The summed E-state index contributed by atoms with van der Waals surface area (Å²) >= 11 is 0. The van der Waals surface area contributed by atoms with E-state index in [4.69, 9.17) is 9.57 Å². The van der Waals surface area contributed by atoms with Crippen LogP contribution in [0.1, 0.15) is 19.8 Å². The highest BCUT2D eigenvalue weighted by molar-refractivity contribution is 4.98. The van der Waals surface area contributed by atoms with E-state index in [1.165, 1.54) is 0 Å². The average Bonchev–Trinajstić information content (AvgIpc) is 2.05. The molecule has 1 aliphatic rings. The molecule has 0 fully saturated rings. The largest absolute Gasteiger partial charge is 0.353 e. The molecule has 0 spiro atoms. The molecule has 0 saturated heterocycles. The molecule has 1 rings (SSSR count). The molecule has 3 heteroatoms. The summed E-state index contributed by atoms with van der Waals surface area (Å²) in [5.74, 6) is 0. The Kier molecular flexibility index (Phi) is 2.71. The standard InChI is InChI=1S/C7H13NO2/c1-3-6-4-5-7(9-2)10-8-6/h4,7-8H,3,5H2,1-2H3. The lowest BCUT2D eigenvalue weighted by atomic mass is 10.2. The molecule has 10 heavy (non-hydrogen) atoms. The van der Waals surface area contributed by atoms with Gasteiger partial charge in [-0.05, 0) is 6.42 Å². The molecule has 1 aliphatic heterocycles. The average molecular weight is 143 g/mol. The fraction of sp³-hybridized carbons (Fsp3) is 0.714. The van der Waals surface area contributed by atoms with Gasteiger partial charge in [-0.2, -0.15) is 0 Å². The van der Waals surface area contributed by atoms with E-state index in [2.05, 4.69) is 18.5 Å². The topological polar surface area (TPSA) is 30.5 Å². The number of hydroxylamine groups is 1. The van der Waals surface area contributed by atoms with Gasteiger partial charge >= 0.3 is 0 Å². The predicted molar refractivity (Wildman–Crippen MR) is 38.0 cm³/mol. The van der Waals surface area contributed by atoms with Crippen LogP contribution < -0.4 is 5.48 Å². The number of rotatable bonds is 2. The third-order valence-electron chi connectivity index (χ3n) is 1.52. The molecule has 0 aromatic carbocycles. The summed E-state index contributed by atoms with van der Waals surface area (Å²) in [7, 11) is 1.64. The van der Waals surface area contributed by atoms with Gasteiger partial charge in [0, 0.05) is 19.2 Å². The molecule has 0 saturated carbocycles. The normalized spacial score (nSPS) is 25.4. The van der Waals surface area contributed by atoms with Gasteiger partial charge < -0.3 is 4.74 Å². The van der Waals surface area contributed by atoms with Crippen LogP contribution in [0, 0.1) is 0 Å². The van der Waals surface area contributed by atoms with Gasteiger partial charge in [-0.25, -0.2) is 4.84 Å². The van der Waals surface area contributed by atoms with Gasteiger partial charge in [0.15, 0.2) is 6.29 Å². The Hall–Kier alpha value is -0.540. The Bertz CT molecular complexity index is 134. The first-order valence-electron chi connectivity index (χ1n) is 3.50. The minimum atomic E-state index is -0.115. The molecular weight excluding hydrogens is 130 g/mol. The van der Waals surface area contributed by atoms with Crippen molar-refractivity contribution in [2.75, 3.05) is 7.11 Å². The first-order valence-corrected chi connectivity index (χ1v) is 3.50. The molecule has 0 radical (unpaired) electrons. The maximum Gasteiger partial charge on any atom is 0.186 e. The lowest BCUT2D eigenvalue weighted by Crippen LogP contribution is -2.28. The van der Waals surface area contributed by atoms with Crippen molar-refractivity contribution in [1.82, 2.24) is 5.48 Å². The van der Waals surface area contributed by atoms with Gasteiger partial charge in [0.25, 0.3) is 0 Å². The molecule has 0 aromatic rings. The van der Waals surface area contributed by atoms with Gasteiger partial charge in [-0.15, -0.1) is 0 Å². The van der Waals surface area contributed by atoms with E-state index in [0.717, 1.165) is 18.5 Å². The van der Waals surface area contributed by atoms with Gasteiger partial charge in [0.2, 0.25) is 0 Å². The quantitative estimate of drug-likeness (QED) is 0.629. The third-order valence-corrected chi connectivity index (χ3v) is 1.52. The molecule has 0 aromatic heterocycles. The molecule has 1 atom stereocenters. The van der Waals surface area contributed by atoms with Crippen molar-refractivity contribution < 1.29 is 9.57 Å². The van der Waals surface area contributed by atoms with Crippen LogP contribution in [0.5, 0.6) is 0 Å². The highest BCUT2D eigenvalue weighted by Gasteiger charge is 2.11. The molecular formula is C7H13NO2. The Balaban J connectivity index is 2.36. The van der Waals surface area contributed by atoms with Gasteiger partial charge in [-0.1, -0.05) is 13.0 Å². The summed E-state index contributed by atoms with van der Waals surface area (Å²) in [6, 6.07) is 0. The van der Waals surface area contributed by atoms with Crippen LogP contribution in [0.2, 0.25) is 0 Å². The SMILES string of the molecule is CCC1=CCC(OC)ON1. The third kappa shape index (κ3) is 1.72. The molecule has 0 aliphatic carbocycles. The van der Waals surface area contributed by atoms with E-state index in [0.29, 0.717) is 0 Å². The molecule has 58 valence electrons. The number of nitrogens with one attached hydrogen (secondary N) is 1. The zero-order valence-electron chi connectivity index (χ0n) is 6.39. The summed E-state index contributed by atoms with van der Waals surface area (Å²) in [6.07, 6.45) is 3.80. The number of methoxy groups -OCH3 is 1. The Morgan fingerprint density at radius 2 is 2.70 bits per heavy atom. The van der Waals surface area contributed by atoms with Gasteiger partial charge in [-0.3, -0.25) is 5.48 Å². The van der Waals surface area contributed by atoms with Crippen molar-refractivity contribution in [2.24, 2.45) is 0 Å². The van der Waals surface area contributed by atoms with Crippen LogP contribution in [0.15, 0.2) is 11.8 Å². The van der Waals surface area contributed by atoms with E-state index >= 15 is 0 Å². The molecule has 0 bridgehead atoms. The van der Waals surface area contributed by atoms with Crippen LogP contribution in [0.4, 0.5) is 0 Å². The number of ether oxygens (including phenoxy) is 1. The lowest BCUT2D eigenvalue weighted by Gasteiger charge is -2.21. The van der Waals surface area contributed by atoms with Crippen LogP contribution in [-0.2, 0) is 9.57 Å². The minimum absolute atomic E-state index is 0.115. The fourth-order valence-electron chi connectivity index (χ4n) is 0.831. The van der Waals surface area contributed by atoms with Crippen LogP contribution in [0.3, 0.4) is 0 Å². The fourth-order valence-corrected chi connectivity index (χ4v) is 0.831. The van der Waals surface area contributed by atoms with Crippen LogP contribution in [-0.4, -0.2) is 13.4 Å². The number of allylic oxidation sites excluding steroid dienone is 1. The second-order valence-corrected chi connectivity index (χ2v) is 2.20. The second kappa shape index (κ2) is 3.58. The summed E-state index contributed by atoms with van der Waals surface area (Å²) in [4.78, 5) is 5.09. The lowest BCUT2D eigenvalue weighted by molar-refractivity contribution is -0.161. The summed E-state index contributed by atoms with van der Waals surface area (Å²) in [5, 5.41) is 0. The van der Waals surface area contributed by atoms with Gasteiger partial charge in [0.05, 0.1) is 0 Å². The number of hydrogen-bond acceptors (Lipinski definition) is 3. The highest BCUT2D eigenvalue weighted by Crippen LogP contribution is 2.09. The Morgan fingerprint density at radius 1 is 1.90 bits per heavy atom. The van der Waals surface area contributed by atoms with E-state index in [1.54, 1.807) is 7.11 Å². The first-order chi connectivity index (χ1) is 4.86. The molecule has 1 heterocycles. The van der Waals surface area contributed by atoms with Crippen molar-refractivity contribution in [3.63, 3.8) is 0 Å². The zero-order chi connectivity index (χ0) is 7.40. The Labute approximate surface area is 61.0 Å². The van der Waals surface area contributed by atoms with Crippen molar-refractivity contribution >= 4 is 0 Å². The monoisotopic (exact) mass is 143 g/mol. The maximum absolute atomic E-state index is 5.09. The van der Waals surface area contributed by atoms with Crippen molar-refractivity contribution in [3.8, 4) is 0 Å². The van der Waals surface area contributed by atoms with Crippen molar-refractivity contribution in [3.05, 3.63) is 11.8 Å². The molecule has 0 amide bonds. The highest BCUT2D eigenvalue weighted by atomic mass is 16.8. The summed E-state index contributed by atoms with van der Waals surface area (Å²) in [5.41, 5.74) is 3.94. The number of hydrogen-bond donors (Lipinski definition) is 1. The van der Waals surface area contributed by atoms with Crippen molar-refractivity contribution in [2.45, 2.75) is 26.1 Å². The van der Waals surface area contributed by atoms with E-state index < -0.39 is 0 Å². The van der Waals surface area contributed by atoms with Gasteiger partial charge in [0.1, 0.15) is 0 Å². The summed E-state index contributed by atoms with van der Waals surface area (Å²) < 4.78 is 4.95. The molecule has 3 nitrogen and oxygen atoms in total. The predicted octanol–water partition coefficient (Wildman–Crippen LogP) is 1.18. The summed E-state index contributed by atoms with van der Waals surface area (Å²) in [6.45, 7) is 2.08. The van der Waals surface area contributed by atoms with E-state index in [1.807, 2.05) is 0 Å². The van der Waals surface area contributed by atoms with Crippen LogP contribution >= 0.6 is 0 Å². The van der Waals surface area contributed by atoms with Crippen molar-refractivity contribution in [1.29, 1.82) is 0 Å².